The number of hydrogen-bond donors (Lipinski definition) is 1. The van der Waals surface area contributed by atoms with Crippen LogP contribution in [0.5, 0.6) is 0 Å². The Morgan fingerprint density at radius 1 is 0.938 bits per heavy atom. The van der Waals surface area contributed by atoms with Crippen molar-refractivity contribution >= 4 is 16.9 Å². The van der Waals surface area contributed by atoms with Crippen LogP contribution in [0.25, 0.3) is 11.0 Å². The maximum absolute atomic E-state index is 12.8. The van der Waals surface area contributed by atoms with E-state index in [1.165, 1.54) is 11.1 Å². The second-order valence-corrected chi connectivity index (χ2v) is 8.83. The van der Waals surface area contributed by atoms with Crippen LogP contribution in [0.1, 0.15) is 60.8 Å². The van der Waals surface area contributed by atoms with Crippen molar-refractivity contribution in [1.82, 2.24) is 14.9 Å². The Hall–Kier alpha value is -3.40. The number of para-hydroxylation sites is 2. The van der Waals surface area contributed by atoms with Crippen LogP contribution in [0.3, 0.4) is 0 Å². The lowest BCUT2D eigenvalue weighted by Crippen LogP contribution is -2.30. The first-order chi connectivity index (χ1) is 15.4. The van der Waals surface area contributed by atoms with Crippen LogP contribution in [0.2, 0.25) is 0 Å². The molecule has 1 N–H and O–H groups in total. The molecule has 32 heavy (non-hydrogen) atoms. The van der Waals surface area contributed by atoms with Crippen molar-refractivity contribution in [3.8, 4) is 0 Å². The van der Waals surface area contributed by atoms with Gasteiger partial charge in [0.05, 0.1) is 23.5 Å². The second kappa shape index (κ2) is 9.39. The predicted octanol–water partition coefficient (Wildman–Crippen LogP) is 5.94. The molecule has 1 atom stereocenters. The third kappa shape index (κ3) is 4.75. The number of rotatable bonds is 7. The first-order valence-corrected chi connectivity index (χ1v) is 11.3. The standard InChI is InChI=1S/C28H31N3O/c1-19(2)23-15-13-22(14-16-23)18-31-26-12-8-7-11-25(26)30-28(31)21(4)29-27(32)17-24-10-6-5-9-20(24)3/h5-16,19,21H,17-18H2,1-4H3,(H,29,32). The molecule has 1 aromatic heterocycles. The van der Waals surface area contributed by atoms with E-state index >= 15 is 0 Å². The summed E-state index contributed by atoms with van der Waals surface area (Å²) in [5, 5.41) is 3.16. The zero-order valence-electron chi connectivity index (χ0n) is 19.3. The smallest absolute Gasteiger partial charge is 0.225 e. The summed E-state index contributed by atoms with van der Waals surface area (Å²) in [5.74, 6) is 1.39. The van der Waals surface area contributed by atoms with Gasteiger partial charge in [-0.15, -0.1) is 0 Å². The largest absolute Gasteiger partial charge is 0.346 e. The molecule has 0 bridgehead atoms. The number of fused-ring (bicyclic) bond motifs is 1. The van der Waals surface area contributed by atoms with Crippen molar-refractivity contribution < 1.29 is 4.79 Å². The molecule has 0 fully saturated rings. The fourth-order valence-electron chi connectivity index (χ4n) is 4.12. The molecule has 0 saturated carbocycles. The van der Waals surface area contributed by atoms with E-state index in [0.717, 1.165) is 28.0 Å². The van der Waals surface area contributed by atoms with Gasteiger partial charge < -0.3 is 9.88 Å². The summed E-state index contributed by atoms with van der Waals surface area (Å²) in [6.07, 6.45) is 0.369. The van der Waals surface area contributed by atoms with E-state index in [1.807, 2.05) is 56.3 Å². The zero-order chi connectivity index (χ0) is 22.7. The van der Waals surface area contributed by atoms with E-state index in [0.29, 0.717) is 18.9 Å². The fraction of sp³-hybridized carbons (Fsp3) is 0.286. The number of hydrogen-bond acceptors (Lipinski definition) is 2. The van der Waals surface area contributed by atoms with Crippen LogP contribution in [-0.2, 0) is 17.8 Å². The summed E-state index contributed by atoms with van der Waals surface area (Å²) in [6.45, 7) is 9.17. The first kappa shape index (κ1) is 21.8. The minimum atomic E-state index is -0.200. The normalized spacial score (nSPS) is 12.3. The number of amides is 1. The maximum Gasteiger partial charge on any atom is 0.225 e. The van der Waals surface area contributed by atoms with E-state index in [2.05, 4.69) is 54.1 Å². The van der Waals surface area contributed by atoms with E-state index in [9.17, 15) is 4.79 Å². The Kier molecular flexibility index (Phi) is 6.40. The Bertz CT molecular complexity index is 1220. The topological polar surface area (TPSA) is 46.9 Å². The number of nitrogens with zero attached hydrogens (tertiary/aromatic N) is 2. The molecule has 0 saturated heterocycles. The number of nitrogens with one attached hydrogen (secondary N) is 1. The van der Waals surface area contributed by atoms with Gasteiger partial charge in [-0.2, -0.15) is 0 Å². The van der Waals surface area contributed by atoms with Gasteiger partial charge in [0.15, 0.2) is 0 Å². The molecule has 1 unspecified atom stereocenters. The average molecular weight is 426 g/mol. The van der Waals surface area contributed by atoms with Crippen LogP contribution in [0.15, 0.2) is 72.8 Å². The van der Waals surface area contributed by atoms with Gasteiger partial charge in [-0.05, 0) is 54.2 Å². The minimum absolute atomic E-state index is 0.00620. The van der Waals surface area contributed by atoms with Gasteiger partial charge in [-0.25, -0.2) is 4.98 Å². The van der Waals surface area contributed by atoms with E-state index in [-0.39, 0.29) is 11.9 Å². The van der Waals surface area contributed by atoms with Gasteiger partial charge >= 0.3 is 0 Å². The van der Waals surface area contributed by atoms with Crippen LogP contribution in [0, 0.1) is 6.92 Å². The molecule has 0 aliphatic heterocycles. The third-order valence-electron chi connectivity index (χ3n) is 6.05. The highest BCUT2D eigenvalue weighted by atomic mass is 16.1. The molecular weight excluding hydrogens is 394 g/mol. The lowest BCUT2D eigenvalue weighted by molar-refractivity contribution is -0.121. The van der Waals surface area contributed by atoms with Crippen molar-refractivity contribution in [2.45, 2.75) is 52.6 Å². The fourth-order valence-corrected chi connectivity index (χ4v) is 4.12. The molecule has 0 spiro atoms. The molecule has 0 radical (unpaired) electrons. The third-order valence-corrected chi connectivity index (χ3v) is 6.05. The Morgan fingerprint density at radius 3 is 2.34 bits per heavy atom. The van der Waals surface area contributed by atoms with Crippen molar-refractivity contribution in [2.24, 2.45) is 0 Å². The summed E-state index contributed by atoms with van der Waals surface area (Å²) < 4.78 is 2.22. The number of aryl methyl sites for hydroxylation is 1. The zero-order valence-corrected chi connectivity index (χ0v) is 19.3. The van der Waals surface area contributed by atoms with Crippen molar-refractivity contribution in [3.63, 3.8) is 0 Å². The Labute approximate surface area is 190 Å². The molecule has 0 aliphatic carbocycles. The number of benzene rings is 3. The lowest BCUT2D eigenvalue weighted by atomic mass is 10.0. The van der Waals surface area contributed by atoms with Gasteiger partial charge in [0, 0.05) is 6.54 Å². The summed E-state index contributed by atoms with van der Waals surface area (Å²) >= 11 is 0. The molecule has 1 amide bonds. The van der Waals surface area contributed by atoms with E-state index < -0.39 is 0 Å². The molecule has 0 aliphatic rings. The van der Waals surface area contributed by atoms with Crippen LogP contribution in [-0.4, -0.2) is 15.5 Å². The predicted molar refractivity (Wildman–Crippen MR) is 131 cm³/mol. The number of carbonyl (C=O) groups excluding carboxylic acids is 1. The molecule has 4 rings (SSSR count). The molecular formula is C28H31N3O. The number of carbonyl (C=O) groups is 1. The second-order valence-electron chi connectivity index (χ2n) is 8.83. The number of aromatic nitrogens is 2. The number of imidazole rings is 1. The molecule has 4 nitrogen and oxygen atoms in total. The van der Waals surface area contributed by atoms with Gasteiger partial charge in [-0.1, -0.05) is 74.5 Å². The van der Waals surface area contributed by atoms with Crippen molar-refractivity contribution in [3.05, 3.63) is 101 Å². The Balaban J connectivity index is 1.59. The summed E-state index contributed by atoms with van der Waals surface area (Å²) in [4.78, 5) is 17.7. The van der Waals surface area contributed by atoms with Crippen LogP contribution < -0.4 is 5.32 Å². The first-order valence-electron chi connectivity index (χ1n) is 11.3. The Morgan fingerprint density at radius 2 is 1.62 bits per heavy atom. The van der Waals surface area contributed by atoms with Gasteiger partial charge in [-0.3, -0.25) is 4.79 Å². The summed E-state index contributed by atoms with van der Waals surface area (Å²) in [6, 6.07) is 24.8. The van der Waals surface area contributed by atoms with Gasteiger partial charge in [0.25, 0.3) is 0 Å². The molecule has 164 valence electrons. The summed E-state index contributed by atoms with van der Waals surface area (Å²) in [7, 11) is 0. The summed E-state index contributed by atoms with van der Waals surface area (Å²) in [5.41, 5.74) is 6.76. The van der Waals surface area contributed by atoms with Gasteiger partial charge in [0.2, 0.25) is 5.91 Å². The van der Waals surface area contributed by atoms with Crippen molar-refractivity contribution in [1.29, 1.82) is 0 Å². The highest BCUT2D eigenvalue weighted by Gasteiger charge is 2.19. The van der Waals surface area contributed by atoms with Crippen molar-refractivity contribution in [2.75, 3.05) is 0 Å². The molecule has 4 aromatic rings. The van der Waals surface area contributed by atoms with Crippen LogP contribution >= 0.6 is 0 Å². The molecule has 3 aromatic carbocycles. The minimum Gasteiger partial charge on any atom is -0.346 e. The lowest BCUT2D eigenvalue weighted by Gasteiger charge is -2.17. The molecule has 1 heterocycles. The monoisotopic (exact) mass is 425 g/mol. The van der Waals surface area contributed by atoms with Crippen LogP contribution in [0.4, 0.5) is 0 Å². The highest BCUT2D eigenvalue weighted by molar-refractivity contribution is 5.80. The van der Waals surface area contributed by atoms with E-state index in [1.54, 1.807) is 0 Å². The average Bonchev–Trinajstić information content (AvgIpc) is 3.14. The quantitative estimate of drug-likeness (QED) is 0.398. The SMILES string of the molecule is Cc1ccccc1CC(=O)NC(C)c1nc2ccccc2n1Cc1ccc(C(C)C)cc1. The van der Waals surface area contributed by atoms with Gasteiger partial charge in [0.1, 0.15) is 5.82 Å². The molecule has 4 heteroatoms. The maximum atomic E-state index is 12.8. The highest BCUT2D eigenvalue weighted by Crippen LogP contribution is 2.23. The van der Waals surface area contributed by atoms with E-state index in [4.69, 9.17) is 4.98 Å².